The molecule has 0 bridgehead atoms. The molecule has 2 fully saturated rings. The van der Waals surface area contributed by atoms with Crippen LogP contribution in [-0.4, -0.2) is 76.2 Å². The van der Waals surface area contributed by atoms with Crippen LogP contribution in [0.1, 0.15) is 66.7 Å². The second kappa shape index (κ2) is 10.8. The molecule has 0 unspecified atom stereocenters. The van der Waals surface area contributed by atoms with Crippen molar-refractivity contribution in [3.63, 3.8) is 0 Å². The molecule has 7 atom stereocenters. The number of hydroxylamine groups is 1. The molecule has 0 aromatic carbocycles. The maximum atomic E-state index is 13.7. The lowest BCUT2D eigenvalue weighted by Gasteiger charge is -2.67. The van der Waals surface area contributed by atoms with E-state index in [1.54, 1.807) is 38.9 Å². The summed E-state index contributed by atoms with van der Waals surface area (Å²) in [4.78, 5) is 44.8. The first-order valence-electron chi connectivity index (χ1n) is 12.6. The molecule has 0 saturated heterocycles. The molecule has 2 aliphatic rings. The van der Waals surface area contributed by atoms with Gasteiger partial charge < -0.3 is 29.8 Å². The Balaban J connectivity index is 2.45. The molecule has 206 valence electrons. The summed E-state index contributed by atoms with van der Waals surface area (Å²) in [6.07, 6.45) is -0.223. The molecule has 2 saturated carbocycles. The maximum Gasteiger partial charge on any atom is 0.443 e. The van der Waals surface area contributed by atoms with Crippen molar-refractivity contribution in [1.29, 1.82) is 0 Å². The van der Waals surface area contributed by atoms with Crippen molar-refractivity contribution in [1.82, 2.24) is 10.4 Å². The van der Waals surface area contributed by atoms with Crippen LogP contribution in [0.4, 0.5) is 4.79 Å². The van der Waals surface area contributed by atoms with Crippen LogP contribution in [0.25, 0.3) is 0 Å². The standard InChI is InChI=1S/C26H44N2O8/c1-9-16(2)14-19(30)26(34)17(3)15-18(29)21-23(4,5)11-12-25(33,24(21,26)6)35-22(32)27-36-20(31)10-13-28(7)8/h9,16-18,21,29,33-34H,1,10-15H2,2-8H3,(H,27,32)/t16-,17+,18-,21+,24-,25-,26+/m1/s1. The average Bonchev–Trinajstić information content (AvgIpc) is 2.77. The van der Waals surface area contributed by atoms with E-state index in [0.29, 0.717) is 13.0 Å². The van der Waals surface area contributed by atoms with Crippen LogP contribution in [-0.2, 0) is 19.2 Å². The van der Waals surface area contributed by atoms with E-state index in [4.69, 9.17) is 9.57 Å². The van der Waals surface area contributed by atoms with Crippen molar-refractivity contribution in [2.75, 3.05) is 20.6 Å². The minimum absolute atomic E-state index is 0.0188. The van der Waals surface area contributed by atoms with Crippen LogP contribution in [0.15, 0.2) is 12.7 Å². The first-order chi connectivity index (χ1) is 16.5. The van der Waals surface area contributed by atoms with E-state index in [2.05, 4.69) is 6.58 Å². The van der Waals surface area contributed by atoms with Gasteiger partial charge in [-0.2, -0.15) is 0 Å². The zero-order valence-electron chi connectivity index (χ0n) is 22.7. The SMILES string of the molecule is C=C[C@@H](C)CC(=O)[C@@]1(O)[C@@H](C)C[C@@H](O)[C@H]2C(C)(C)CC[C@@](O)(OC(=O)NOC(=O)CCN(C)C)[C@@]21C. The highest BCUT2D eigenvalue weighted by Gasteiger charge is 2.76. The summed E-state index contributed by atoms with van der Waals surface area (Å²) in [7, 11) is 3.56. The number of Topliss-reactive ketones (excluding diaryl/α,β-unsaturated/α-hetero) is 1. The van der Waals surface area contributed by atoms with Gasteiger partial charge in [0.15, 0.2) is 5.78 Å². The second-order valence-electron chi connectivity index (χ2n) is 11.8. The normalized spacial score (nSPS) is 36.4. The zero-order valence-corrected chi connectivity index (χ0v) is 22.7. The molecule has 0 radical (unpaired) electrons. The number of carbonyl (C=O) groups is 3. The van der Waals surface area contributed by atoms with E-state index < -0.39 is 58.0 Å². The number of rotatable bonds is 8. The number of ether oxygens (including phenoxy) is 1. The van der Waals surface area contributed by atoms with Crippen molar-refractivity contribution >= 4 is 17.8 Å². The van der Waals surface area contributed by atoms with Gasteiger partial charge in [0.2, 0.25) is 5.79 Å². The molecule has 0 heterocycles. The highest BCUT2D eigenvalue weighted by molar-refractivity contribution is 5.89. The van der Waals surface area contributed by atoms with Gasteiger partial charge in [0.1, 0.15) is 5.60 Å². The number of aliphatic hydroxyl groups is 3. The predicted octanol–water partition coefficient (Wildman–Crippen LogP) is 2.17. The molecule has 0 aliphatic heterocycles. The number of allylic oxidation sites excluding steroid dienone is 1. The third kappa shape index (κ3) is 5.32. The van der Waals surface area contributed by atoms with Crippen molar-refractivity contribution in [3.05, 3.63) is 12.7 Å². The van der Waals surface area contributed by atoms with Gasteiger partial charge in [-0.15, -0.1) is 12.1 Å². The Morgan fingerprint density at radius 2 is 1.81 bits per heavy atom. The summed E-state index contributed by atoms with van der Waals surface area (Å²) in [6, 6.07) is 0. The largest absolute Gasteiger partial charge is 0.443 e. The van der Waals surface area contributed by atoms with E-state index in [9.17, 15) is 29.7 Å². The third-order valence-electron chi connectivity index (χ3n) is 8.48. The van der Waals surface area contributed by atoms with Gasteiger partial charge in [-0.1, -0.05) is 33.8 Å². The van der Waals surface area contributed by atoms with Gasteiger partial charge in [0.05, 0.1) is 17.9 Å². The Bertz CT molecular complexity index is 861. The lowest BCUT2D eigenvalue weighted by molar-refractivity contribution is -0.362. The smallest absolute Gasteiger partial charge is 0.414 e. The van der Waals surface area contributed by atoms with Gasteiger partial charge in [0.25, 0.3) is 0 Å². The van der Waals surface area contributed by atoms with Gasteiger partial charge >= 0.3 is 12.1 Å². The molecular formula is C26H44N2O8. The van der Waals surface area contributed by atoms with Gasteiger partial charge in [-0.25, -0.2) is 9.59 Å². The topological polar surface area (TPSA) is 146 Å². The highest BCUT2D eigenvalue weighted by atomic mass is 16.7. The minimum atomic E-state index is -2.34. The monoisotopic (exact) mass is 512 g/mol. The fraction of sp³-hybridized carbons (Fsp3) is 0.808. The zero-order chi connectivity index (χ0) is 27.7. The van der Waals surface area contributed by atoms with Crippen molar-refractivity contribution in [2.45, 2.75) is 84.2 Å². The third-order valence-corrected chi connectivity index (χ3v) is 8.48. The fourth-order valence-electron chi connectivity index (χ4n) is 6.44. The fourth-order valence-corrected chi connectivity index (χ4v) is 6.44. The molecule has 10 heteroatoms. The van der Waals surface area contributed by atoms with Crippen molar-refractivity contribution in [3.8, 4) is 0 Å². The van der Waals surface area contributed by atoms with Crippen LogP contribution in [0.3, 0.4) is 0 Å². The molecule has 0 spiro atoms. The lowest BCUT2D eigenvalue weighted by atomic mass is 9.41. The molecule has 2 rings (SSSR count). The Hall–Kier alpha value is -2.01. The number of aliphatic hydroxyl groups excluding tert-OH is 1. The van der Waals surface area contributed by atoms with E-state index in [1.165, 1.54) is 6.92 Å². The lowest BCUT2D eigenvalue weighted by Crippen LogP contribution is -2.78. The Morgan fingerprint density at radius 1 is 1.19 bits per heavy atom. The number of nitrogens with one attached hydrogen (secondary N) is 1. The summed E-state index contributed by atoms with van der Waals surface area (Å²) >= 11 is 0. The number of hydrogen-bond acceptors (Lipinski definition) is 9. The Labute approximate surface area is 214 Å². The molecule has 0 aromatic rings. The molecule has 1 amide bonds. The summed E-state index contributed by atoms with van der Waals surface area (Å²) < 4.78 is 5.47. The van der Waals surface area contributed by atoms with Crippen LogP contribution in [0.2, 0.25) is 0 Å². The first kappa shape index (κ1) is 30.2. The molecular weight excluding hydrogens is 468 g/mol. The summed E-state index contributed by atoms with van der Waals surface area (Å²) in [5.74, 6) is -5.33. The summed E-state index contributed by atoms with van der Waals surface area (Å²) in [5, 5.41) is 35.3. The van der Waals surface area contributed by atoms with E-state index in [1.807, 2.05) is 19.3 Å². The second-order valence-corrected chi connectivity index (χ2v) is 11.8. The number of hydrogen-bond donors (Lipinski definition) is 4. The number of fused-ring (bicyclic) bond motifs is 1. The molecule has 2 aliphatic carbocycles. The highest BCUT2D eigenvalue weighted by Crippen LogP contribution is 2.66. The first-order valence-corrected chi connectivity index (χ1v) is 12.6. The van der Waals surface area contributed by atoms with Crippen LogP contribution < -0.4 is 5.48 Å². The maximum absolute atomic E-state index is 13.7. The van der Waals surface area contributed by atoms with E-state index >= 15 is 0 Å². The predicted molar refractivity (Wildman–Crippen MR) is 132 cm³/mol. The summed E-state index contributed by atoms with van der Waals surface area (Å²) in [5.41, 5.74) is -2.60. The molecule has 0 aromatic heterocycles. The van der Waals surface area contributed by atoms with E-state index in [-0.39, 0.29) is 31.6 Å². The van der Waals surface area contributed by atoms with Gasteiger partial charge in [-0.3, -0.25) is 4.79 Å². The number of nitrogens with zero attached hydrogens (tertiary/aromatic N) is 1. The number of carbonyl (C=O) groups excluding carboxylic acids is 3. The molecule has 36 heavy (non-hydrogen) atoms. The quantitative estimate of drug-likeness (QED) is 0.218. The van der Waals surface area contributed by atoms with Gasteiger partial charge in [-0.05, 0) is 51.1 Å². The minimum Gasteiger partial charge on any atom is -0.414 e. The van der Waals surface area contributed by atoms with Crippen LogP contribution in [0, 0.1) is 28.6 Å². The number of amides is 1. The van der Waals surface area contributed by atoms with E-state index in [0.717, 1.165) is 0 Å². The van der Waals surface area contributed by atoms with Crippen molar-refractivity contribution in [2.24, 2.45) is 28.6 Å². The number of ketones is 1. The van der Waals surface area contributed by atoms with Crippen LogP contribution >= 0.6 is 0 Å². The molecule has 4 N–H and O–H groups in total. The Kier molecular flexibility index (Phi) is 9.04. The average molecular weight is 513 g/mol. The van der Waals surface area contributed by atoms with Gasteiger partial charge in [0, 0.05) is 25.3 Å². The molecule has 10 nitrogen and oxygen atoms in total. The van der Waals surface area contributed by atoms with Crippen molar-refractivity contribution < 1.29 is 39.3 Å². The van der Waals surface area contributed by atoms with Crippen LogP contribution in [0.5, 0.6) is 0 Å². The summed E-state index contributed by atoms with van der Waals surface area (Å²) in [6.45, 7) is 12.9. The Morgan fingerprint density at radius 3 is 2.36 bits per heavy atom.